The van der Waals surface area contributed by atoms with Crippen molar-refractivity contribution in [3.05, 3.63) is 0 Å². The summed E-state index contributed by atoms with van der Waals surface area (Å²) in [7, 11) is 0. The Bertz CT molecular complexity index is 340. The van der Waals surface area contributed by atoms with E-state index in [0.29, 0.717) is 10.2 Å². The van der Waals surface area contributed by atoms with E-state index in [-0.39, 0.29) is 17.7 Å². The number of thioether (sulfide) groups is 1. The maximum Gasteiger partial charge on any atom is 0.323 e. The molecule has 18 heavy (non-hydrogen) atoms. The van der Waals surface area contributed by atoms with Crippen LogP contribution in [0.2, 0.25) is 0 Å². The van der Waals surface area contributed by atoms with Crippen LogP contribution in [0.1, 0.15) is 39.5 Å². The smallest absolute Gasteiger partial charge is 0.323 e. The van der Waals surface area contributed by atoms with E-state index in [1.807, 2.05) is 0 Å². The third-order valence-corrected chi connectivity index (χ3v) is 4.77. The summed E-state index contributed by atoms with van der Waals surface area (Å²) in [5, 5.41) is 8.59. The molecule has 1 atom stereocenters. The lowest BCUT2D eigenvalue weighted by Crippen LogP contribution is -2.37. The fourth-order valence-corrected chi connectivity index (χ4v) is 3.89. The second-order valence-electron chi connectivity index (χ2n) is 4.46. The number of thiocarbonyl (C=S) groups is 1. The molecule has 0 bridgehead atoms. The minimum Gasteiger partial charge on any atom is -0.480 e. The molecule has 0 aliphatic carbocycles. The number of rotatable bonds is 7. The van der Waals surface area contributed by atoms with Gasteiger partial charge in [-0.05, 0) is 18.8 Å². The molecule has 1 saturated heterocycles. The number of carbonyl (C=O) groups excluding carboxylic acids is 1. The van der Waals surface area contributed by atoms with Gasteiger partial charge in [-0.3, -0.25) is 14.5 Å². The molecule has 1 heterocycles. The molecule has 0 aromatic heterocycles. The van der Waals surface area contributed by atoms with Crippen molar-refractivity contribution in [2.75, 3.05) is 6.54 Å². The number of hydrogen-bond donors (Lipinski definition) is 1. The Balaban J connectivity index is 2.76. The molecule has 0 saturated carbocycles. The van der Waals surface area contributed by atoms with E-state index in [1.54, 1.807) is 0 Å². The molecule has 1 amide bonds. The zero-order valence-electron chi connectivity index (χ0n) is 10.7. The minimum absolute atomic E-state index is 0.126. The highest BCUT2D eigenvalue weighted by Gasteiger charge is 2.41. The molecule has 0 spiro atoms. The Kier molecular flexibility index (Phi) is 6.08. The van der Waals surface area contributed by atoms with Gasteiger partial charge in [0.1, 0.15) is 10.9 Å². The Morgan fingerprint density at radius 3 is 2.44 bits per heavy atom. The largest absolute Gasteiger partial charge is 0.480 e. The summed E-state index contributed by atoms with van der Waals surface area (Å²) in [5.41, 5.74) is 0. The average molecular weight is 289 g/mol. The van der Waals surface area contributed by atoms with Gasteiger partial charge in [0.15, 0.2) is 0 Å². The van der Waals surface area contributed by atoms with E-state index in [1.165, 1.54) is 16.7 Å². The molecule has 4 nitrogen and oxygen atoms in total. The SMILES string of the molecule is CCCC(CCC)C1SC(=S)N(CC(=O)O)C1=O. The number of amides is 1. The highest BCUT2D eigenvalue weighted by atomic mass is 32.2. The predicted molar refractivity (Wildman–Crippen MR) is 76.6 cm³/mol. The molecule has 1 aliphatic rings. The monoisotopic (exact) mass is 289 g/mol. The molecule has 1 unspecified atom stereocenters. The van der Waals surface area contributed by atoms with Crippen LogP contribution < -0.4 is 0 Å². The fraction of sp³-hybridized carbons (Fsp3) is 0.750. The van der Waals surface area contributed by atoms with E-state index >= 15 is 0 Å². The number of carbonyl (C=O) groups is 2. The van der Waals surface area contributed by atoms with E-state index in [0.717, 1.165) is 25.7 Å². The van der Waals surface area contributed by atoms with Crippen molar-refractivity contribution >= 4 is 40.2 Å². The van der Waals surface area contributed by atoms with Crippen molar-refractivity contribution in [2.24, 2.45) is 5.92 Å². The van der Waals surface area contributed by atoms with Crippen LogP contribution in [0, 0.1) is 5.92 Å². The summed E-state index contributed by atoms with van der Waals surface area (Å²) >= 11 is 6.46. The van der Waals surface area contributed by atoms with Crippen LogP contribution in [0.25, 0.3) is 0 Å². The van der Waals surface area contributed by atoms with Gasteiger partial charge in [-0.2, -0.15) is 0 Å². The minimum atomic E-state index is -1.02. The first-order valence-electron chi connectivity index (χ1n) is 6.25. The molecular weight excluding hydrogens is 270 g/mol. The molecule has 1 aliphatic heterocycles. The van der Waals surface area contributed by atoms with Gasteiger partial charge in [0, 0.05) is 0 Å². The lowest BCUT2D eigenvalue weighted by Gasteiger charge is -2.20. The summed E-state index contributed by atoms with van der Waals surface area (Å²) in [5.74, 6) is -0.844. The highest BCUT2D eigenvalue weighted by Crippen LogP contribution is 2.36. The van der Waals surface area contributed by atoms with Crippen LogP contribution in [-0.4, -0.2) is 38.0 Å². The normalized spacial score (nSPS) is 19.9. The van der Waals surface area contributed by atoms with Gasteiger partial charge in [-0.25, -0.2) is 0 Å². The van der Waals surface area contributed by atoms with Crippen molar-refractivity contribution in [3.8, 4) is 0 Å². The lowest BCUT2D eigenvalue weighted by molar-refractivity contribution is -0.141. The van der Waals surface area contributed by atoms with Gasteiger partial charge in [0.2, 0.25) is 5.91 Å². The van der Waals surface area contributed by atoms with Crippen LogP contribution in [0.5, 0.6) is 0 Å². The number of carboxylic acid groups (broad SMARTS) is 1. The first-order chi connectivity index (χ1) is 8.51. The summed E-state index contributed by atoms with van der Waals surface area (Å²) in [6.45, 7) is 3.88. The van der Waals surface area contributed by atoms with Gasteiger partial charge in [-0.15, -0.1) is 0 Å². The Morgan fingerprint density at radius 1 is 1.44 bits per heavy atom. The third-order valence-electron chi connectivity index (χ3n) is 3.00. The standard InChI is InChI=1S/C12H19NO3S2/c1-3-5-8(6-4-2)10-11(16)13(7-9(14)15)12(17)18-10/h8,10H,3-7H2,1-2H3,(H,14,15). The summed E-state index contributed by atoms with van der Waals surface area (Å²) in [6, 6.07) is 0. The zero-order valence-corrected chi connectivity index (χ0v) is 12.4. The van der Waals surface area contributed by atoms with Gasteiger partial charge in [-0.1, -0.05) is 50.7 Å². The molecule has 6 heteroatoms. The number of hydrogen-bond acceptors (Lipinski definition) is 4. The molecule has 0 radical (unpaired) electrons. The average Bonchev–Trinajstić information content (AvgIpc) is 2.56. The first kappa shape index (κ1) is 15.4. The molecule has 0 aromatic rings. The predicted octanol–water partition coefficient (Wildman–Crippen LogP) is 2.52. The summed E-state index contributed by atoms with van der Waals surface area (Å²) in [6.07, 6.45) is 4.03. The lowest BCUT2D eigenvalue weighted by atomic mass is 9.94. The van der Waals surface area contributed by atoms with Crippen LogP contribution >= 0.6 is 24.0 Å². The Morgan fingerprint density at radius 2 is 2.00 bits per heavy atom. The van der Waals surface area contributed by atoms with E-state index in [9.17, 15) is 9.59 Å². The van der Waals surface area contributed by atoms with Crippen molar-refractivity contribution in [1.82, 2.24) is 4.90 Å². The topological polar surface area (TPSA) is 57.6 Å². The molecule has 1 rings (SSSR count). The fourth-order valence-electron chi connectivity index (χ4n) is 2.23. The molecule has 102 valence electrons. The van der Waals surface area contributed by atoms with Gasteiger partial charge in [0.25, 0.3) is 0 Å². The van der Waals surface area contributed by atoms with Crippen molar-refractivity contribution in [2.45, 2.75) is 44.8 Å². The van der Waals surface area contributed by atoms with Crippen LogP contribution in [0.3, 0.4) is 0 Å². The van der Waals surface area contributed by atoms with Crippen LogP contribution in [0.15, 0.2) is 0 Å². The second kappa shape index (κ2) is 7.09. The summed E-state index contributed by atoms with van der Waals surface area (Å²) < 4.78 is 0.407. The van der Waals surface area contributed by atoms with E-state index in [4.69, 9.17) is 17.3 Å². The number of aliphatic carboxylic acids is 1. The maximum atomic E-state index is 12.2. The third kappa shape index (κ3) is 3.68. The zero-order chi connectivity index (χ0) is 13.7. The van der Waals surface area contributed by atoms with Gasteiger partial charge in [0.05, 0.1) is 5.25 Å². The van der Waals surface area contributed by atoms with Crippen molar-refractivity contribution in [1.29, 1.82) is 0 Å². The molecule has 0 aromatic carbocycles. The van der Waals surface area contributed by atoms with E-state index < -0.39 is 5.97 Å². The quantitative estimate of drug-likeness (QED) is 0.730. The van der Waals surface area contributed by atoms with Crippen LogP contribution in [0.4, 0.5) is 0 Å². The van der Waals surface area contributed by atoms with E-state index in [2.05, 4.69) is 13.8 Å². The highest BCUT2D eigenvalue weighted by molar-refractivity contribution is 8.24. The van der Waals surface area contributed by atoms with Crippen molar-refractivity contribution in [3.63, 3.8) is 0 Å². The second-order valence-corrected chi connectivity index (χ2v) is 6.24. The maximum absolute atomic E-state index is 12.2. The molecular formula is C12H19NO3S2. The number of nitrogens with zero attached hydrogens (tertiary/aromatic N) is 1. The van der Waals surface area contributed by atoms with Crippen LogP contribution in [-0.2, 0) is 9.59 Å². The van der Waals surface area contributed by atoms with Gasteiger partial charge >= 0.3 is 5.97 Å². The van der Waals surface area contributed by atoms with Gasteiger partial charge < -0.3 is 5.11 Å². The molecule has 1 N–H and O–H groups in total. The Labute approximate surface area is 117 Å². The number of carboxylic acids is 1. The summed E-state index contributed by atoms with van der Waals surface area (Å²) in [4.78, 5) is 24.1. The van der Waals surface area contributed by atoms with Crippen molar-refractivity contribution < 1.29 is 14.7 Å². The Hall–Kier alpha value is -0.620. The molecule has 1 fully saturated rings. The first-order valence-corrected chi connectivity index (χ1v) is 7.53.